The molecule has 14 heteroatoms. The van der Waals surface area contributed by atoms with Gasteiger partial charge in [0, 0.05) is 38.7 Å². The van der Waals surface area contributed by atoms with Crippen LogP contribution in [0.4, 0.5) is 0 Å². The molecule has 2 aliphatic rings. The van der Waals surface area contributed by atoms with Gasteiger partial charge in [-0.25, -0.2) is 4.68 Å². The molecule has 3 aromatic rings. The van der Waals surface area contributed by atoms with Crippen LogP contribution in [-0.2, 0) is 35.6 Å². The topological polar surface area (TPSA) is 177 Å². The zero-order valence-corrected chi connectivity index (χ0v) is 23.8. The lowest BCUT2D eigenvalue weighted by Crippen LogP contribution is -2.58. The number of aliphatic hydroxyl groups excluding tert-OH is 1. The monoisotopic (exact) mass is 580 g/mol. The molecule has 42 heavy (non-hydrogen) atoms. The second-order valence-corrected chi connectivity index (χ2v) is 10.8. The Kier molecular flexibility index (Phi) is 8.83. The Morgan fingerprint density at radius 2 is 2.02 bits per heavy atom. The number of carbonyl (C=O) groups is 3. The Balaban J connectivity index is 1.36. The van der Waals surface area contributed by atoms with Gasteiger partial charge >= 0.3 is 0 Å². The average molecular weight is 581 g/mol. The molecule has 0 bridgehead atoms. The highest BCUT2D eigenvalue weighted by Gasteiger charge is 2.40. The van der Waals surface area contributed by atoms with Crippen molar-refractivity contribution in [2.45, 2.75) is 63.8 Å². The van der Waals surface area contributed by atoms with E-state index in [2.05, 4.69) is 36.3 Å². The summed E-state index contributed by atoms with van der Waals surface area (Å²) in [4.78, 5) is 42.5. The standard InChI is InChI=1S/C28H36N8O6/c1-18-25-23(42-33-18)15-29-26(39)22(13-20-17-36(10-11-37)34-32-20)30-24(38)14-28(31-27(25)40)6-8-35(9-7-28)16-19-4-3-5-21(12-19)41-2/h3-5,12,17,22,37H,6-11,13-16H2,1-2H3,(H,29,39)(H,30,38)(H,31,40)/t22-/m1/s1. The number of hydrogen-bond acceptors (Lipinski definition) is 10. The van der Waals surface area contributed by atoms with E-state index in [1.54, 1.807) is 20.2 Å². The molecule has 2 aromatic heterocycles. The van der Waals surface area contributed by atoms with E-state index in [9.17, 15) is 19.5 Å². The number of likely N-dealkylation sites (tertiary alicyclic amines) is 1. The summed E-state index contributed by atoms with van der Waals surface area (Å²) in [5.41, 5.74) is 1.43. The highest BCUT2D eigenvalue weighted by atomic mass is 16.5. The van der Waals surface area contributed by atoms with Crippen molar-refractivity contribution < 1.29 is 28.8 Å². The van der Waals surface area contributed by atoms with E-state index in [1.807, 2.05) is 24.3 Å². The Hall–Kier alpha value is -4.30. The van der Waals surface area contributed by atoms with Crippen molar-refractivity contribution >= 4 is 17.7 Å². The summed E-state index contributed by atoms with van der Waals surface area (Å²) in [6.45, 7) is 3.77. The third kappa shape index (κ3) is 6.77. The molecule has 1 fully saturated rings. The molecule has 0 saturated carbocycles. The van der Waals surface area contributed by atoms with E-state index >= 15 is 0 Å². The van der Waals surface area contributed by atoms with Crippen LogP contribution < -0.4 is 20.7 Å². The van der Waals surface area contributed by atoms with E-state index in [0.29, 0.717) is 43.9 Å². The molecule has 4 heterocycles. The van der Waals surface area contributed by atoms with Crippen LogP contribution in [0.1, 0.15) is 52.3 Å². The van der Waals surface area contributed by atoms with Crippen LogP contribution >= 0.6 is 0 Å². The van der Waals surface area contributed by atoms with E-state index in [4.69, 9.17) is 9.26 Å². The molecule has 5 rings (SSSR count). The van der Waals surface area contributed by atoms with Gasteiger partial charge < -0.3 is 30.3 Å². The van der Waals surface area contributed by atoms with Crippen molar-refractivity contribution in [3.8, 4) is 5.75 Å². The van der Waals surface area contributed by atoms with E-state index in [0.717, 1.165) is 11.3 Å². The second-order valence-electron chi connectivity index (χ2n) is 10.8. The first-order valence-corrected chi connectivity index (χ1v) is 14.0. The molecule has 2 aliphatic heterocycles. The Bertz CT molecular complexity index is 1430. The van der Waals surface area contributed by atoms with Crippen LogP contribution in [-0.4, -0.2) is 86.3 Å². The van der Waals surface area contributed by atoms with Gasteiger partial charge in [-0.15, -0.1) is 5.10 Å². The van der Waals surface area contributed by atoms with E-state index < -0.39 is 17.5 Å². The van der Waals surface area contributed by atoms with Gasteiger partial charge in [0.2, 0.25) is 11.8 Å². The fraction of sp³-hybridized carbons (Fsp3) is 0.500. The molecule has 4 N–H and O–H groups in total. The van der Waals surface area contributed by atoms with Crippen molar-refractivity contribution in [2.24, 2.45) is 0 Å². The quantitative estimate of drug-likeness (QED) is 0.299. The zero-order valence-electron chi connectivity index (χ0n) is 23.8. The Labute approximate surface area is 242 Å². The van der Waals surface area contributed by atoms with Gasteiger partial charge in [-0.1, -0.05) is 22.5 Å². The summed E-state index contributed by atoms with van der Waals surface area (Å²) in [6, 6.07) is 6.96. The smallest absolute Gasteiger partial charge is 0.257 e. The number of piperidine rings is 1. The first-order valence-electron chi connectivity index (χ1n) is 14.0. The molecule has 14 nitrogen and oxygen atoms in total. The number of fused-ring (bicyclic) bond motifs is 1. The molecule has 0 aliphatic carbocycles. The van der Waals surface area contributed by atoms with Crippen LogP contribution in [0.3, 0.4) is 0 Å². The predicted molar refractivity (Wildman–Crippen MR) is 148 cm³/mol. The minimum atomic E-state index is -0.940. The number of ether oxygens (including phenoxy) is 1. The number of aromatic nitrogens is 4. The third-order valence-electron chi connectivity index (χ3n) is 7.79. The number of rotatable bonds is 7. The fourth-order valence-electron chi connectivity index (χ4n) is 5.55. The van der Waals surface area contributed by atoms with Crippen molar-refractivity contribution in [1.29, 1.82) is 0 Å². The van der Waals surface area contributed by atoms with Crippen LogP contribution in [0, 0.1) is 6.92 Å². The Morgan fingerprint density at radius 1 is 1.21 bits per heavy atom. The normalized spacial score (nSPS) is 19.7. The number of carbonyl (C=O) groups excluding carboxylic acids is 3. The average Bonchev–Trinajstić information content (AvgIpc) is 3.58. The number of methoxy groups -OCH3 is 1. The van der Waals surface area contributed by atoms with Crippen molar-refractivity contribution in [3.05, 3.63) is 58.7 Å². The molecule has 1 spiro atoms. The number of hydrogen-bond donors (Lipinski definition) is 4. The second kappa shape index (κ2) is 12.7. The minimum Gasteiger partial charge on any atom is -0.497 e. The maximum atomic E-state index is 13.6. The number of benzene rings is 1. The molecule has 3 amide bonds. The van der Waals surface area contributed by atoms with Crippen molar-refractivity contribution in [3.63, 3.8) is 0 Å². The number of aliphatic hydroxyl groups is 1. The van der Waals surface area contributed by atoms with Gasteiger partial charge in [0.05, 0.1) is 43.7 Å². The van der Waals surface area contributed by atoms with Gasteiger partial charge in [0.25, 0.3) is 5.91 Å². The van der Waals surface area contributed by atoms with Crippen molar-refractivity contribution in [1.82, 2.24) is 41.0 Å². The Morgan fingerprint density at radius 3 is 2.79 bits per heavy atom. The molecule has 1 atom stereocenters. The lowest BCUT2D eigenvalue weighted by atomic mass is 9.83. The number of amides is 3. The fourth-order valence-corrected chi connectivity index (χ4v) is 5.55. The number of aryl methyl sites for hydroxylation is 1. The van der Waals surface area contributed by atoms with Crippen LogP contribution in [0.5, 0.6) is 5.75 Å². The largest absolute Gasteiger partial charge is 0.497 e. The predicted octanol–water partition coefficient (Wildman–Crippen LogP) is 0.0874. The SMILES string of the molecule is COc1cccc(CN2CCC3(CC2)CC(=O)N[C@H](Cc2cn(CCO)nn2)C(=O)NCc2onc(C)c2C(=O)N3)c1. The van der Waals surface area contributed by atoms with Crippen molar-refractivity contribution in [2.75, 3.05) is 26.8 Å². The summed E-state index contributed by atoms with van der Waals surface area (Å²) < 4.78 is 12.2. The van der Waals surface area contributed by atoms with Crippen LogP contribution in [0.25, 0.3) is 0 Å². The third-order valence-corrected chi connectivity index (χ3v) is 7.79. The van der Waals surface area contributed by atoms with Gasteiger partial charge in [0.1, 0.15) is 17.4 Å². The molecule has 0 radical (unpaired) electrons. The van der Waals surface area contributed by atoms with Crippen LogP contribution in [0.2, 0.25) is 0 Å². The molecule has 0 unspecified atom stereocenters. The minimum absolute atomic E-state index is 0.00756. The molecule has 1 saturated heterocycles. The highest BCUT2D eigenvalue weighted by Crippen LogP contribution is 2.29. The first kappa shape index (κ1) is 29.2. The number of nitrogens with zero attached hydrogens (tertiary/aromatic N) is 5. The maximum Gasteiger partial charge on any atom is 0.257 e. The van der Waals surface area contributed by atoms with Gasteiger partial charge in [-0.2, -0.15) is 0 Å². The highest BCUT2D eigenvalue weighted by molar-refractivity contribution is 5.97. The summed E-state index contributed by atoms with van der Waals surface area (Å²) in [5.74, 6) is -0.169. The molecular formula is C28H36N8O6. The summed E-state index contributed by atoms with van der Waals surface area (Å²) in [6.07, 6.45) is 2.78. The molecular weight excluding hydrogens is 544 g/mol. The van der Waals surface area contributed by atoms with E-state index in [-0.39, 0.29) is 55.7 Å². The molecule has 224 valence electrons. The van der Waals surface area contributed by atoms with Gasteiger partial charge in [-0.05, 0) is 37.5 Å². The lowest BCUT2D eigenvalue weighted by molar-refractivity contribution is -0.130. The number of nitrogens with one attached hydrogen (secondary N) is 3. The summed E-state index contributed by atoms with van der Waals surface area (Å²) in [7, 11) is 1.64. The summed E-state index contributed by atoms with van der Waals surface area (Å²) >= 11 is 0. The maximum absolute atomic E-state index is 13.6. The summed E-state index contributed by atoms with van der Waals surface area (Å²) in [5, 5.41) is 29.9. The first-order chi connectivity index (χ1) is 20.3. The van der Waals surface area contributed by atoms with E-state index in [1.165, 1.54) is 4.68 Å². The zero-order chi connectivity index (χ0) is 29.7. The van der Waals surface area contributed by atoms with Gasteiger partial charge in [0.15, 0.2) is 5.76 Å². The van der Waals surface area contributed by atoms with Gasteiger partial charge in [-0.3, -0.25) is 19.3 Å². The lowest BCUT2D eigenvalue weighted by Gasteiger charge is -2.42. The van der Waals surface area contributed by atoms with Crippen LogP contribution in [0.15, 0.2) is 35.0 Å². The molecule has 1 aromatic carbocycles.